The maximum Gasteiger partial charge on any atom is 0.0589 e. The van der Waals surface area contributed by atoms with Crippen LogP contribution in [0.15, 0.2) is 0 Å². The number of piperidine rings is 1. The van der Waals surface area contributed by atoms with E-state index in [0.717, 1.165) is 19.1 Å². The second-order valence-corrected chi connectivity index (χ2v) is 4.99. The first kappa shape index (κ1) is 10.5. The number of ether oxygens (including phenoxy) is 1. The van der Waals surface area contributed by atoms with Gasteiger partial charge in [0.15, 0.2) is 0 Å². The molecule has 0 radical (unpaired) electrons. The number of hydrogen-bond donors (Lipinski definition) is 0. The zero-order valence-electron chi connectivity index (χ0n) is 7.92. The van der Waals surface area contributed by atoms with Crippen molar-refractivity contribution in [1.82, 2.24) is 4.90 Å². The van der Waals surface area contributed by atoms with E-state index in [4.69, 9.17) is 4.74 Å². The Labute approximate surface area is 83.4 Å². The van der Waals surface area contributed by atoms with Crippen LogP contribution in [0.3, 0.4) is 0 Å². The molecule has 2 atom stereocenters. The molecule has 1 heterocycles. The average Bonchev–Trinajstić information content (AvgIpc) is 1.99. The molecule has 0 aliphatic carbocycles. The molecule has 1 aliphatic rings. The number of methoxy groups -OCH3 is 1. The normalized spacial score (nSPS) is 32.2. The van der Waals surface area contributed by atoms with Crippen molar-refractivity contribution in [1.29, 1.82) is 0 Å². The van der Waals surface area contributed by atoms with Crippen LogP contribution in [-0.4, -0.2) is 43.1 Å². The van der Waals surface area contributed by atoms with Gasteiger partial charge < -0.3 is 4.74 Å². The molecule has 1 saturated heterocycles. The molecule has 0 aromatic carbocycles. The first-order chi connectivity index (χ1) is 5.72. The Morgan fingerprint density at radius 1 is 1.50 bits per heavy atom. The fourth-order valence-electron chi connectivity index (χ4n) is 1.78. The molecule has 3 heteroatoms. The van der Waals surface area contributed by atoms with Gasteiger partial charge in [0.05, 0.1) is 6.61 Å². The Balaban J connectivity index is 2.24. The second kappa shape index (κ2) is 5.20. The summed E-state index contributed by atoms with van der Waals surface area (Å²) in [4.78, 5) is 3.15. The lowest BCUT2D eigenvalue weighted by molar-refractivity contribution is 0.122. The van der Waals surface area contributed by atoms with E-state index >= 15 is 0 Å². The number of alkyl halides is 1. The number of likely N-dealkylation sites (tertiary alicyclic amines) is 1. The van der Waals surface area contributed by atoms with Crippen LogP contribution < -0.4 is 0 Å². The monoisotopic (exact) mass is 235 g/mol. The Kier molecular flexibility index (Phi) is 4.54. The van der Waals surface area contributed by atoms with Gasteiger partial charge in [0.25, 0.3) is 0 Å². The molecule has 2 nitrogen and oxygen atoms in total. The van der Waals surface area contributed by atoms with Crippen LogP contribution in [0.1, 0.15) is 13.3 Å². The zero-order valence-corrected chi connectivity index (χ0v) is 9.51. The summed E-state index contributed by atoms with van der Waals surface area (Å²) in [5.41, 5.74) is 0. The third-order valence-electron chi connectivity index (χ3n) is 2.30. The van der Waals surface area contributed by atoms with Gasteiger partial charge in [-0.15, -0.1) is 0 Å². The van der Waals surface area contributed by atoms with Gasteiger partial charge in [-0.1, -0.05) is 22.9 Å². The van der Waals surface area contributed by atoms with E-state index in [1.54, 1.807) is 7.11 Å². The average molecular weight is 236 g/mol. The van der Waals surface area contributed by atoms with Gasteiger partial charge >= 0.3 is 0 Å². The lowest BCUT2D eigenvalue weighted by atomic mass is 10.0. The standard InChI is InChI=1S/C9H18BrNO/c1-8-5-9(10)7-11(6-8)3-4-12-2/h8-9H,3-7H2,1-2H3. The number of halogens is 1. The van der Waals surface area contributed by atoms with Crippen molar-refractivity contribution in [3.8, 4) is 0 Å². The van der Waals surface area contributed by atoms with Crippen LogP contribution >= 0.6 is 15.9 Å². The van der Waals surface area contributed by atoms with Crippen molar-refractivity contribution in [2.24, 2.45) is 5.92 Å². The summed E-state index contributed by atoms with van der Waals surface area (Å²) in [5, 5.41) is 0. The number of rotatable bonds is 3. The lowest BCUT2D eigenvalue weighted by Gasteiger charge is -2.33. The van der Waals surface area contributed by atoms with Crippen LogP contribution in [-0.2, 0) is 4.74 Å². The maximum atomic E-state index is 5.06. The fourth-order valence-corrected chi connectivity index (χ4v) is 2.83. The molecule has 1 fully saturated rings. The summed E-state index contributed by atoms with van der Waals surface area (Å²) < 4.78 is 5.06. The summed E-state index contributed by atoms with van der Waals surface area (Å²) in [5.74, 6) is 0.819. The third kappa shape index (κ3) is 3.42. The quantitative estimate of drug-likeness (QED) is 0.692. The van der Waals surface area contributed by atoms with E-state index in [9.17, 15) is 0 Å². The first-order valence-electron chi connectivity index (χ1n) is 4.57. The molecule has 2 unspecified atom stereocenters. The maximum absolute atomic E-state index is 5.06. The van der Waals surface area contributed by atoms with Gasteiger partial charge in [-0.2, -0.15) is 0 Å². The molecule has 0 bridgehead atoms. The molecule has 1 rings (SSSR count). The molecule has 0 aromatic rings. The minimum absolute atomic E-state index is 0.679. The van der Waals surface area contributed by atoms with Crippen LogP contribution in [0.2, 0.25) is 0 Å². The van der Waals surface area contributed by atoms with E-state index in [0.29, 0.717) is 4.83 Å². The van der Waals surface area contributed by atoms with Crippen LogP contribution in [0.5, 0.6) is 0 Å². The Hall–Kier alpha value is 0.400. The SMILES string of the molecule is COCCN1CC(C)CC(Br)C1. The summed E-state index contributed by atoms with van der Waals surface area (Å²) >= 11 is 3.68. The Morgan fingerprint density at radius 3 is 2.83 bits per heavy atom. The van der Waals surface area contributed by atoms with Crippen LogP contribution in [0.4, 0.5) is 0 Å². The molecule has 0 spiro atoms. The van der Waals surface area contributed by atoms with Gasteiger partial charge in [-0.25, -0.2) is 0 Å². The summed E-state index contributed by atoms with van der Waals surface area (Å²) in [6.07, 6.45) is 1.31. The number of hydrogen-bond acceptors (Lipinski definition) is 2. The van der Waals surface area contributed by atoms with Crippen molar-refractivity contribution in [2.75, 3.05) is 33.4 Å². The third-order valence-corrected chi connectivity index (χ3v) is 2.96. The topological polar surface area (TPSA) is 12.5 Å². The van der Waals surface area contributed by atoms with E-state index < -0.39 is 0 Å². The minimum atomic E-state index is 0.679. The highest BCUT2D eigenvalue weighted by Gasteiger charge is 2.21. The number of nitrogens with zero attached hydrogens (tertiary/aromatic N) is 1. The zero-order chi connectivity index (χ0) is 8.97. The molecule has 0 N–H and O–H groups in total. The highest BCUT2D eigenvalue weighted by atomic mass is 79.9. The predicted molar refractivity (Wildman–Crippen MR) is 54.8 cm³/mol. The van der Waals surface area contributed by atoms with Crippen LogP contribution in [0, 0.1) is 5.92 Å². The van der Waals surface area contributed by atoms with Crippen LogP contribution in [0.25, 0.3) is 0 Å². The molecule has 0 aromatic heterocycles. The Morgan fingerprint density at radius 2 is 2.25 bits per heavy atom. The minimum Gasteiger partial charge on any atom is -0.383 e. The van der Waals surface area contributed by atoms with Crippen molar-refractivity contribution in [3.05, 3.63) is 0 Å². The van der Waals surface area contributed by atoms with Crippen molar-refractivity contribution in [2.45, 2.75) is 18.2 Å². The lowest BCUT2D eigenvalue weighted by Crippen LogP contribution is -2.41. The van der Waals surface area contributed by atoms with Gasteiger partial charge in [-0.05, 0) is 12.3 Å². The second-order valence-electron chi connectivity index (χ2n) is 3.69. The van der Waals surface area contributed by atoms with Crippen molar-refractivity contribution in [3.63, 3.8) is 0 Å². The smallest absolute Gasteiger partial charge is 0.0589 e. The highest BCUT2D eigenvalue weighted by Crippen LogP contribution is 2.21. The van der Waals surface area contributed by atoms with Gasteiger partial charge in [0, 0.05) is 31.6 Å². The van der Waals surface area contributed by atoms with Gasteiger partial charge in [0.2, 0.25) is 0 Å². The van der Waals surface area contributed by atoms with E-state index in [1.165, 1.54) is 19.5 Å². The summed E-state index contributed by atoms with van der Waals surface area (Å²) in [6.45, 7) is 6.64. The first-order valence-corrected chi connectivity index (χ1v) is 5.49. The molecule has 72 valence electrons. The summed E-state index contributed by atoms with van der Waals surface area (Å²) in [6, 6.07) is 0. The van der Waals surface area contributed by atoms with E-state index in [1.807, 2.05) is 0 Å². The summed E-state index contributed by atoms with van der Waals surface area (Å²) in [7, 11) is 1.76. The van der Waals surface area contributed by atoms with Gasteiger partial charge in [0.1, 0.15) is 0 Å². The Bertz CT molecular complexity index is 122. The molecular weight excluding hydrogens is 218 g/mol. The molecule has 1 aliphatic heterocycles. The molecule has 12 heavy (non-hydrogen) atoms. The molecule has 0 amide bonds. The largest absolute Gasteiger partial charge is 0.383 e. The van der Waals surface area contributed by atoms with E-state index in [-0.39, 0.29) is 0 Å². The van der Waals surface area contributed by atoms with E-state index in [2.05, 4.69) is 27.8 Å². The van der Waals surface area contributed by atoms with Crippen molar-refractivity contribution >= 4 is 15.9 Å². The highest BCUT2D eigenvalue weighted by molar-refractivity contribution is 9.09. The van der Waals surface area contributed by atoms with Crippen molar-refractivity contribution < 1.29 is 4.74 Å². The van der Waals surface area contributed by atoms with Gasteiger partial charge in [-0.3, -0.25) is 4.90 Å². The molecular formula is C9H18BrNO. The predicted octanol–water partition coefficient (Wildman–Crippen LogP) is 1.74. The molecule has 0 saturated carbocycles. The fraction of sp³-hybridized carbons (Fsp3) is 1.00.